The Labute approximate surface area is 575 Å². The first kappa shape index (κ1) is 92.1. The summed E-state index contributed by atoms with van der Waals surface area (Å²) in [4.78, 5) is 72.7. The molecule has 3 unspecified atom stereocenters. The van der Waals surface area contributed by atoms with Gasteiger partial charge >= 0.3 is 39.5 Å². The predicted octanol–water partition coefficient (Wildman–Crippen LogP) is 21.7. The summed E-state index contributed by atoms with van der Waals surface area (Å²) in [5.41, 5.74) is 0. The summed E-state index contributed by atoms with van der Waals surface area (Å²) in [6.07, 6.45) is 48.7. The predicted molar refractivity (Wildman–Crippen MR) is 381 cm³/mol. The Balaban J connectivity index is 5.23. The summed E-state index contributed by atoms with van der Waals surface area (Å²) in [6, 6.07) is 0. The fourth-order valence-corrected chi connectivity index (χ4v) is 13.0. The van der Waals surface area contributed by atoms with Crippen molar-refractivity contribution in [3.8, 4) is 0 Å². The first-order chi connectivity index (χ1) is 45.1. The van der Waals surface area contributed by atoms with E-state index in [0.29, 0.717) is 25.7 Å². The van der Waals surface area contributed by atoms with Gasteiger partial charge in [0.25, 0.3) is 0 Å². The average Bonchev–Trinajstić information content (AvgIpc) is 1.26. The molecule has 0 aromatic carbocycles. The lowest BCUT2D eigenvalue weighted by Crippen LogP contribution is -2.30. The van der Waals surface area contributed by atoms with Crippen LogP contribution in [0.1, 0.15) is 376 Å². The number of carbonyl (C=O) groups excluding carboxylic acids is 4. The van der Waals surface area contributed by atoms with Crippen LogP contribution in [-0.4, -0.2) is 96.7 Å². The molecule has 0 amide bonds. The highest BCUT2D eigenvalue weighted by Gasteiger charge is 2.30. The van der Waals surface area contributed by atoms with Crippen LogP contribution in [0.2, 0.25) is 0 Å². The Morgan fingerprint density at radius 3 is 0.660 bits per heavy atom. The average molecular weight is 1380 g/mol. The van der Waals surface area contributed by atoms with Crippen LogP contribution in [0.5, 0.6) is 0 Å². The number of esters is 4. The Hall–Kier alpha value is -1.94. The molecule has 0 fully saturated rings. The van der Waals surface area contributed by atoms with Crippen molar-refractivity contribution in [1.82, 2.24) is 0 Å². The van der Waals surface area contributed by atoms with Crippen LogP contribution < -0.4 is 0 Å². The lowest BCUT2D eigenvalue weighted by atomic mass is 10.0. The minimum atomic E-state index is -4.96. The van der Waals surface area contributed by atoms with Gasteiger partial charge in [-0.2, -0.15) is 0 Å². The Kier molecular flexibility index (Phi) is 63.1. The van der Waals surface area contributed by atoms with Crippen LogP contribution in [0.4, 0.5) is 0 Å². The summed E-state index contributed by atoms with van der Waals surface area (Å²) in [6.45, 7) is 14.1. The molecular weight excluding hydrogens is 1230 g/mol. The summed E-state index contributed by atoms with van der Waals surface area (Å²) in [5, 5.41) is 10.6. The van der Waals surface area contributed by atoms with Gasteiger partial charge in [-0.25, -0.2) is 9.13 Å². The molecule has 0 aromatic heterocycles. The van der Waals surface area contributed by atoms with E-state index in [2.05, 4.69) is 55.4 Å². The Morgan fingerprint density at radius 2 is 0.447 bits per heavy atom. The second-order valence-electron chi connectivity index (χ2n) is 28.9. The van der Waals surface area contributed by atoms with Gasteiger partial charge in [-0.1, -0.05) is 325 Å². The van der Waals surface area contributed by atoms with Crippen LogP contribution in [-0.2, 0) is 65.4 Å². The highest BCUT2D eigenvalue weighted by Crippen LogP contribution is 2.45. The van der Waals surface area contributed by atoms with Gasteiger partial charge in [-0.05, 0) is 49.4 Å². The molecule has 0 heterocycles. The SMILES string of the molecule is CC(C)CCCCCCCCCCCCCCCCCCC(=O)O[C@H](COC(=O)CCCCCCCCCCCCC(C)C)COP(=O)(O)OCC(O)COP(=O)(O)OC[C@@H](COC(=O)CCCCCCCCCCC(C)C)OC(=O)CCCCCCCCCCC(C)C. The van der Waals surface area contributed by atoms with Crippen molar-refractivity contribution in [3.63, 3.8) is 0 Å². The molecule has 5 atom stereocenters. The number of phosphoric ester groups is 2. The molecule has 94 heavy (non-hydrogen) atoms. The van der Waals surface area contributed by atoms with Crippen molar-refractivity contribution in [2.24, 2.45) is 23.7 Å². The molecule has 0 aliphatic heterocycles. The number of aliphatic hydroxyl groups is 1. The highest BCUT2D eigenvalue weighted by atomic mass is 31.2. The zero-order valence-corrected chi connectivity index (χ0v) is 63.4. The number of carbonyl (C=O) groups is 4. The second-order valence-corrected chi connectivity index (χ2v) is 31.9. The molecule has 0 aromatic rings. The van der Waals surface area contributed by atoms with Gasteiger partial charge in [0.2, 0.25) is 0 Å². The van der Waals surface area contributed by atoms with Crippen molar-refractivity contribution < 1.29 is 80.2 Å². The summed E-state index contributed by atoms with van der Waals surface area (Å²) >= 11 is 0. The number of hydrogen-bond acceptors (Lipinski definition) is 15. The van der Waals surface area contributed by atoms with Crippen molar-refractivity contribution in [2.45, 2.75) is 395 Å². The molecule has 17 nitrogen and oxygen atoms in total. The van der Waals surface area contributed by atoms with E-state index in [0.717, 1.165) is 114 Å². The standard InChI is InChI=1S/C75H146O17P2/c1-65(2)51-43-35-27-19-15-13-11-9-10-12-14-16-22-33-41-49-57-74(79)91-70(61-85-72(77)55-47-39-31-21-18-17-20-28-36-44-52-66(3)4)63-89-93(81,82)87-59-69(76)60-88-94(83,84)90-64-71(92-75(80)58-50-42-34-26-24-30-38-46-54-68(7)8)62-86-73(78)56-48-40-32-25-23-29-37-45-53-67(5)6/h65-71,76H,9-64H2,1-8H3,(H,81,82)(H,83,84)/t69?,70-,71-/m1/s1. The maximum atomic E-state index is 13.1. The molecule has 3 N–H and O–H groups in total. The van der Waals surface area contributed by atoms with E-state index < -0.39 is 97.5 Å². The maximum Gasteiger partial charge on any atom is 0.472 e. The largest absolute Gasteiger partial charge is 0.472 e. The molecule has 0 saturated carbocycles. The fraction of sp³-hybridized carbons (Fsp3) is 0.947. The zero-order chi connectivity index (χ0) is 69.6. The number of rotatable bonds is 72. The fourth-order valence-electron chi connectivity index (χ4n) is 11.4. The molecule has 0 aliphatic rings. The van der Waals surface area contributed by atoms with Crippen molar-refractivity contribution in [2.75, 3.05) is 39.6 Å². The first-order valence-corrected chi connectivity index (χ1v) is 41.7. The molecule has 0 aliphatic carbocycles. The van der Waals surface area contributed by atoms with E-state index in [1.54, 1.807) is 0 Å². The van der Waals surface area contributed by atoms with Gasteiger partial charge in [-0.15, -0.1) is 0 Å². The zero-order valence-electron chi connectivity index (χ0n) is 61.6. The third-order valence-electron chi connectivity index (χ3n) is 17.3. The first-order valence-electron chi connectivity index (χ1n) is 38.7. The van der Waals surface area contributed by atoms with E-state index in [9.17, 15) is 43.2 Å². The van der Waals surface area contributed by atoms with Gasteiger partial charge in [0, 0.05) is 25.7 Å². The summed E-state index contributed by atoms with van der Waals surface area (Å²) in [7, 11) is -9.91. The Bertz CT molecular complexity index is 1850. The normalized spacial score (nSPS) is 14.2. The number of unbranched alkanes of at least 4 members (excludes halogenated alkanes) is 38. The van der Waals surface area contributed by atoms with Gasteiger partial charge in [0.15, 0.2) is 12.2 Å². The lowest BCUT2D eigenvalue weighted by molar-refractivity contribution is -0.161. The van der Waals surface area contributed by atoms with Crippen LogP contribution in [0, 0.1) is 23.7 Å². The molecule has 0 saturated heterocycles. The van der Waals surface area contributed by atoms with Gasteiger partial charge in [-0.3, -0.25) is 37.3 Å². The van der Waals surface area contributed by atoms with E-state index in [1.165, 1.54) is 180 Å². The maximum absolute atomic E-state index is 13.1. The number of hydrogen-bond donors (Lipinski definition) is 3. The number of aliphatic hydroxyl groups excluding tert-OH is 1. The van der Waals surface area contributed by atoms with Crippen molar-refractivity contribution in [1.29, 1.82) is 0 Å². The quantitative estimate of drug-likeness (QED) is 0.0222. The molecule has 0 rings (SSSR count). The highest BCUT2D eigenvalue weighted by molar-refractivity contribution is 7.47. The van der Waals surface area contributed by atoms with Crippen LogP contribution in [0.15, 0.2) is 0 Å². The molecular formula is C75H146O17P2. The van der Waals surface area contributed by atoms with Crippen molar-refractivity contribution in [3.05, 3.63) is 0 Å². The van der Waals surface area contributed by atoms with Gasteiger partial charge < -0.3 is 33.8 Å². The third-order valence-corrected chi connectivity index (χ3v) is 19.2. The van der Waals surface area contributed by atoms with E-state index in [-0.39, 0.29) is 25.7 Å². The van der Waals surface area contributed by atoms with Crippen LogP contribution in [0.25, 0.3) is 0 Å². The minimum absolute atomic E-state index is 0.104. The van der Waals surface area contributed by atoms with Crippen LogP contribution >= 0.6 is 15.6 Å². The van der Waals surface area contributed by atoms with Crippen LogP contribution in [0.3, 0.4) is 0 Å². The lowest BCUT2D eigenvalue weighted by Gasteiger charge is -2.21. The third kappa shape index (κ3) is 68.6. The Morgan fingerprint density at radius 1 is 0.266 bits per heavy atom. The number of ether oxygens (including phenoxy) is 4. The molecule has 0 radical (unpaired) electrons. The molecule has 558 valence electrons. The molecule has 0 spiro atoms. The van der Waals surface area contributed by atoms with Crippen molar-refractivity contribution >= 4 is 39.5 Å². The number of phosphoric acid groups is 2. The second kappa shape index (κ2) is 64.4. The van der Waals surface area contributed by atoms with E-state index in [4.69, 9.17) is 37.0 Å². The minimum Gasteiger partial charge on any atom is -0.462 e. The van der Waals surface area contributed by atoms with E-state index in [1.807, 2.05) is 0 Å². The van der Waals surface area contributed by atoms with E-state index >= 15 is 0 Å². The van der Waals surface area contributed by atoms with Gasteiger partial charge in [0.1, 0.15) is 19.3 Å². The molecule has 19 heteroatoms. The molecule has 0 bridgehead atoms. The smallest absolute Gasteiger partial charge is 0.462 e. The topological polar surface area (TPSA) is 237 Å². The van der Waals surface area contributed by atoms with Gasteiger partial charge in [0.05, 0.1) is 26.4 Å². The monoisotopic (exact) mass is 1380 g/mol. The summed E-state index contributed by atoms with van der Waals surface area (Å²) < 4.78 is 68.5. The summed E-state index contributed by atoms with van der Waals surface area (Å²) in [5.74, 6) is 0.888.